The second-order valence-corrected chi connectivity index (χ2v) is 4.53. The summed E-state index contributed by atoms with van der Waals surface area (Å²) in [7, 11) is 1.50. The average Bonchev–Trinajstić information content (AvgIpc) is 2.86. The van der Waals surface area contributed by atoms with E-state index in [0.717, 1.165) is 5.76 Å². The topological polar surface area (TPSA) is 71.7 Å². The van der Waals surface area contributed by atoms with Crippen molar-refractivity contribution < 1.29 is 19.1 Å². The van der Waals surface area contributed by atoms with Crippen molar-refractivity contribution in [3.63, 3.8) is 0 Å². The Morgan fingerprint density at radius 3 is 2.70 bits per heavy atom. The van der Waals surface area contributed by atoms with E-state index in [1.807, 2.05) is 26.0 Å². The second kappa shape index (κ2) is 5.69. The molecule has 1 atom stereocenters. The maximum Gasteiger partial charge on any atom is 0.255 e. The first-order valence-corrected chi connectivity index (χ1v) is 6.25. The largest absolute Gasteiger partial charge is 0.507 e. The van der Waals surface area contributed by atoms with E-state index < -0.39 is 0 Å². The van der Waals surface area contributed by atoms with Gasteiger partial charge in [0.1, 0.15) is 23.0 Å². The van der Waals surface area contributed by atoms with Gasteiger partial charge in [-0.05, 0) is 44.2 Å². The van der Waals surface area contributed by atoms with Crippen molar-refractivity contribution in [2.45, 2.75) is 19.9 Å². The maximum atomic E-state index is 12.2. The fourth-order valence-corrected chi connectivity index (χ4v) is 1.86. The van der Waals surface area contributed by atoms with Gasteiger partial charge in [-0.1, -0.05) is 0 Å². The zero-order chi connectivity index (χ0) is 14.7. The van der Waals surface area contributed by atoms with Crippen molar-refractivity contribution in [2.75, 3.05) is 7.11 Å². The monoisotopic (exact) mass is 275 g/mol. The molecule has 0 radical (unpaired) electrons. The molecule has 1 amide bonds. The lowest BCUT2D eigenvalue weighted by molar-refractivity contribution is 0.0932. The SMILES string of the molecule is COc1ccc(O)c(C(=O)NC(C)c2ccc(C)o2)c1. The van der Waals surface area contributed by atoms with Gasteiger partial charge in [0, 0.05) is 0 Å². The highest BCUT2D eigenvalue weighted by Gasteiger charge is 2.17. The minimum Gasteiger partial charge on any atom is -0.507 e. The van der Waals surface area contributed by atoms with Gasteiger partial charge in [0.15, 0.2) is 0 Å². The summed E-state index contributed by atoms with van der Waals surface area (Å²) < 4.78 is 10.5. The van der Waals surface area contributed by atoms with Gasteiger partial charge in [-0.15, -0.1) is 0 Å². The number of hydrogen-bond acceptors (Lipinski definition) is 4. The first kappa shape index (κ1) is 14.0. The highest BCUT2D eigenvalue weighted by atomic mass is 16.5. The minimum absolute atomic E-state index is 0.0916. The summed E-state index contributed by atoms with van der Waals surface area (Å²) in [4.78, 5) is 12.2. The van der Waals surface area contributed by atoms with Crippen LogP contribution in [0.3, 0.4) is 0 Å². The molecule has 0 fully saturated rings. The number of aromatic hydroxyl groups is 1. The number of phenolic OH excluding ortho intramolecular Hbond substituents is 1. The molecule has 0 bridgehead atoms. The number of carbonyl (C=O) groups is 1. The van der Waals surface area contributed by atoms with Gasteiger partial charge < -0.3 is 19.6 Å². The molecule has 0 aliphatic carbocycles. The Morgan fingerprint density at radius 1 is 1.35 bits per heavy atom. The Balaban J connectivity index is 2.15. The Labute approximate surface area is 117 Å². The van der Waals surface area contributed by atoms with Crippen LogP contribution in [0.1, 0.15) is 34.8 Å². The van der Waals surface area contributed by atoms with Crippen molar-refractivity contribution in [1.82, 2.24) is 5.32 Å². The molecule has 2 N–H and O–H groups in total. The van der Waals surface area contributed by atoms with Crippen LogP contribution in [0.15, 0.2) is 34.7 Å². The van der Waals surface area contributed by atoms with Crippen molar-refractivity contribution in [2.24, 2.45) is 0 Å². The third kappa shape index (κ3) is 2.93. The lowest BCUT2D eigenvalue weighted by atomic mass is 10.1. The van der Waals surface area contributed by atoms with Crippen LogP contribution in [0.5, 0.6) is 11.5 Å². The average molecular weight is 275 g/mol. The van der Waals surface area contributed by atoms with E-state index in [4.69, 9.17) is 9.15 Å². The lowest BCUT2D eigenvalue weighted by Gasteiger charge is -2.13. The standard InChI is InChI=1S/C15H17NO4/c1-9-4-7-14(20-9)10(2)16-15(18)12-8-11(19-3)5-6-13(12)17/h4-8,10,17H,1-3H3,(H,16,18). The third-order valence-corrected chi connectivity index (χ3v) is 2.98. The second-order valence-electron chi connectivity index (χ2n) is 4.53. The van der Waals surface area contributed by atoms with Gasteiger partial charge in [-0.25, -0.2) is 0 Å². The molecular weight excluding hydrogens is 258 g/mol. The Morgan fingerprint density at radius 2 is 2.10 bits per heavy atom. The number of rotatable bonds is 4. The number of ether oxygens (including phenoxy) is 1. The summed E-state index contributed by atoms with van der Waals surface area (Å²) in [5, 5.41) is 12.5. The van der Waals surface area contributed by atoms with Gasteiger partial charge in [-0.3, -0.25) is 4.79 Å². The summed E-state index contributed by atoms with van der Waals surface area (Å²) >= 11 is 0. The molecule has 2 rings (SSSR count). The Bertz CT molecular complexity index is 618. The van der Waals surface area contributed by atoms with Gasteiger partial charge in [0.05, 0.1) is 18.7 Å². The van der Waals surface area contributed by atoms with E-state index in [1.54, 1.807) is 6.07 Å². The Hall–Kier alpha value is -2.43. The van der Waals surface area contributed by atoms with Gasteiger partial charge >= 0.3 is 0 Å². The fourth-order valence-electron chi connectivity index (χ4n) is 1.86. The van der Waals surface area contributed by atoms with Crippen molar-refractivity contribution in [3.8, 4) is 11.5 Å². The first-order valence-electron chi connectivity index (χ1n) is 6.25. The number of carbonyl (C=O) groups excluding carboxylic acids is 1. The van der Waals surface area contributed by atoms with Crippen LogP contribution in [-0.2, 0) is 0 Å². The zero-order valence-corrected chi connectivity index (χ0v) is 11.6. The highest BCUT2D eigenvalue weighted by Crippen LogP contribution is 2.24. The van der Waals surface area contributed by atoms with Crippen molar-refractivity contribution >= 4 is 5.91 Å². The molecule has 0 saturated heterocycles. The van der Waals surface area contributed by atoms with Crippen molar-refractivity contribution in [1.29, 1.82) is 0 Å². The molecule has 0 saturated carbocycles. The summed E-state index contributed by atoms with van der Waals surface area (Å²) in [6, 6.07) is 7.86. The molecule has 1 aromatic heterocycles. The number of benzene rings is 1. The molecule has 20 heavy (non-hydrogen) atoms. The quantitative estimate of drug-likeness (QED) is 0.900. The van der Waals surface area contributed by atoms with Crippen LogP contribution in [0, 0.1) is 6.92 Å². The molecule has 1 aromatic carbocycles. The third-order valence-electron chi connectivity index (χ3n) is 2.98. The van der Waals surface area contributed by atoms with Gasteiger partial charge in [0.25, 0.3) is 5.91 Å². The van der Waals surface area contributed by atoms with E-state index >= 15 is 0 Å². The summed E-state index contributed by atoms with van der Waals surface area (Å²) in [5.74, 6) is 1.48. The molecule has 106 valence electrons. The van der Waals surface area contributed by atoms with Crippen LogP contribution < -0.4 is 10.1 Å². The van der Waals surface area contributed by atoms with E-state index in [2.05, 4.69) is 5.32 Å². The minimum atomic E-state index is -0.386. The molecule has 5 nitrogen and oxygen atoms in total. The number of hydrogen-bond donors (Lipinski definition) is 2. The molecule has 2 aromatic rings. The summed E-state index contributed by atoms with van der Waals surface area (Å²) in [6.45, 7) is 3.65. The molecule has 0 aliphatic heterocycles. The van der Waals surface area contributed by atoms with Gasteiger partial charge in [-0.2, -0.15) is 0 Å². The summed E-state index contributed by atoms with van der Waals surface area (Å²) in [5.41, 5.74) is 0.166. The molecule has 0 spiro atoms. The van der Waals surface area contributed by atoms with Crippen LogP contribution in [0.2, 0.25) is 0 Å². The van der Waals surface area contributed by atoms with E-state index in [-0.39, 0.29) is 23.3 Å². The number of amides is 1. The zero-order valence-electron chi connectivity index (χ0n) is 11.6. The molecule has 1 heterocycles. The first-order chi connectivity index (χ1) is 9.51. The van der Waals surface area contributed by atoms with Gasteiger partial charge in [0.2, 0.25) is 0 Å². The number of methoxy groups -OCH3 is 1. The van der Waals surface area contributed by atoms with E-state index in [1.165, 1.54) is 19.2 Å². The predicted octanol–water partition coefficient (Wildman–Crippen LogP) is 2.79. The maximum absolute atomic E-state index is 12.2. The van der Waals surface area contributed by atoms with Crippen LogP contribution in [0.4, 0.5) is 0 Å². The molecule has 0 aliphatic rings. The highest BCUT2D eigenvalue weighted by molar-refractivity contribution is 5.97. The molecule has 1 unspecified atom stereocenters. The van der Waals surface area contributed by atoms with Crippen LogP contribution in [-0.4, -0.2) is 18.1 Å². The number of nitrogens with one attached hydrogen (secondary N) is 1. The summed E-state index contributed by atoms with van der Waals surface area (Å²) in [6.07, 6.45) is 0. The van der Waals surface area contributed by atoms with E-state index in [0.29, 0.717) is 11.5 Å². The number of aryl methyl sites for hydroxylation is 1. The predicted molar refractivity (Wildman–Crippen MR) is 74.0 cm³/mol. The number of furan rings is 1. The lowest BCUT2D eigenvalue weighted by Crippen LogP contribution is -2.26. The Kier molecular flexibility index (Phi) is 3.98. The molecule has 5 heteroatoms. The van der Waals surface area contributed by atoms with Crippen LogP contribution >= 0.6 is 0 Å². The van der Waals surface area contributed by atoms with E-state index in [9.17, 15) is 9.90 Å². The van der Waals surface area contributed by atoms with Crippen molar-refractivity contribution in [3.05, 3.63) is 47.4 Å². The number of phenols is 1. The molecular formula is C15H17NO4. The fraction of sp³-hybridized carbons (Fsp3) is 0.267. The van der Waals surface area contributed by atoms with Crippen LogP contribution in [0.25, 0.3) is 0 Å². The smallest absolute Gasteiger partial charge is 0.255 e. The normalized spacial score (nSPS) is 11.9.